The quantitative estimate of drug-likeness (QED) is 0.784. The fourth-order valence-corrected chi connectivity index (χ4v) is 4.56. The van der Waals surface area contributed by atoms with Gasteiger partial charge in [0.15, 0.2) is 0 Å². The van der Waals surface area contributed by atoms with Crippen LogP contribution in [0, 0.1) is 31.1 Å². The average Bonchev–Trinajstić information content (AvgIpc) is 3.24. The molecule has 0 aromatic carbocycles. The van der Waals surface area contributed by atoms with Crippen LogP contribution in [0.25, 0.3) is 0 Å². The van der Waals surface area contributed by atoms with Gasteiger partial charge >= 0.3 is 0 Å². The number of ether oxygens (including phenoxy) is 3. The lowest BCUT2D eigenvalue weighted by Crippen LogP contribution is -2.36. The van der Waals surface area contributed by atoms with Gasteiger partial charge in [-0.25, -0.2) is 0 Å². The Morgan fingerprint density at radius 3 is 2.84 bits per heavy atom. The number of aryl methyl sites for hydroxylation is 2. The number of nitrogens with zero attached hydrogens (tertiary/aromatic N) is 2. The minimum atomic E-state index is 0.157. The number of hydrogen-bond donors (Lipinski definition) is 0. The Morgan fingerprint density at radius 1 is 1.24 bits per heavy atom. The van der Waals surface area contributed by atoms with Crippen molar-refractivity contribution in [3.8, 4) is 0 Å². The predicted molar refractivity (Wildman–Crippen MR) is 92.4 cm³/mol. The van der Waals surface area contributed by atoms with Crippen molar-refractivity contribution in [1.29, 1.82) is 0 Å². The van der Waals surface area contributed by atoms with E-state index in [1.807, 2.05) is 13.8 Å². The fraction of sp³-hybridized carbons (Fsp3) is 0.842. The molecule has 0 unspecified atom stereocenters. The number of hydrogen-bond acceptors (Lipinski definition) is 6. The first-order valence-electron chi connectivity index (χ1n) is 9.54. The van der Waals surface area contributed by atoms with E-state index in [0.717, 1.165) is 83.6 Å². The Kier molecular flexibility index (Phi) is 5.13. The summed E-state index contributed by atoms with van der Waals surface area (Å²) in [4.78, 5) is 2.53. The molecular formula is C19H30N2O4. The number of likely N-dealkylation sites (tertiary alicyclic amines) is 1. The summed E-state index contributed by atoms with van der Waals surface area (Å²) in [5.41, 5.74) is 2.40. The van der Waals surface area contributed by atoms with Crippen LogP contribution in [0.3, 0.4) is 0 Å². The highest BCUT2D eigenvalue weighted by molar-refractivity contribution is 5.21. The molecule has 3 saturated heterocycles. The van der Waals surface area contributed by atoms with Crippen molar-refractivity contribution < 1.29 is 18.7 Å². The van der Waals surface area contributed by atoms with E-state index in [1.165, 1.54) is 5.56 Å². The summed E-state index contributed by atoms with van der Waals surface area (Å²) in [7, 11) is 0. The molecule has 4 heterocycles. The van der Waals surface area contributed by atoms with Gasteiger partial charge in [0, 0.05) is 56.4 Å². The fourth-order valence-electron chi connectivity index (χ4n) is 4.56. The molecule has 25 heavy (non-hydrogen) atoms. The smallest absolute Gasteiger partial charge is 0.138 e. The second-order valence-electron chi connectivity index (χ2n) is 8.12. The van der Waals surface area contributed by atoms with E-state index in [0.29, 0.717) is 11.8 Å². The zero-order valence-electron chi connectivity index (χ0n) is 15.5. The van der Waals surface area contributed by atoms with Crippen LogP contribution in [0.2, 0.25) is 0 Å². The first kappa shape index (κ1) is 17.5. The Balaban J connectivity index is 1.33. The van der Waals surface area contributed by atoms with Gasteiger partial charge in [0.1, 0.15) is 5.76 Å². The Labute approximate surface area is 149 Å². The Bertz CT molecular complexity index is 564. The molecule has 140 valence electrons. The second kappa shape index (κ2) is 7.35. The van der Waals surface area contributed by atoms with E-state index in [2.05, 4.69) is 10.1 Å². The van der Waals surface area contributed by atoms with Gasteiger partial charge in [-0.15, -0.1) is 0 Å². The van der Waals surface area contributed by atoms with Gasteiger partial charge in [0.25, 0.3) is 0 Å². The molecule has 2 atom stereocenters. The molecule has 4 rings (SSSR count). The van der Waals surface area contributed by atoms with Crippen molar-refractivity contribution in [1.82, 2.24) is 10.1 Å². The number of fused-ring (bicyclic) bond motifs is 1. The normalized spacial score (nSPS) is 30.9. The highest BCUT2D eigenvalue weighted by Gasteiger charge is 2.50. The molecule has 6 heteroatoms. The van der Waals surface area contributed by atoms with Crippen molar-refractivity contribution in [3.05, 3.63) is 17.0 Å². The van der Waals surface area contributed by atoms with Crippen LogP contribution in [0.4, 0.5) is 0 Å². The van der Waals surface area contributed by atoms with E-state index in [-0.39, 0.29) is 5.41 Å². The molecule has 6 nitrogen and oxygen atoms in total. The molecule has 0 bridgehead atoms. The third-order valence-electron chi connectivity index (χ3n) is 6.24. The molecular weight excluding hydrogens is 320 g/mol. The van der Waals surface area contributed by atoms with Crippen molar-refractivity contribution in [2.75, 3.05) is 52.7 Å². The lowest BCUT2D eigenvalue weighted by atomic mass is 9.82. The Hall–Kier alpha value is -0.950. The van der Waals surface area contributed by atoms with Crippen LogP contribution in [-0.2, 0) is 20.8 Å². The predicted octanol–water partition coefficient (Wildman–Crippen LogP) is 2.18. The minimum Gasteiger partial charge on any atom is -0.381 e. The summed E-state index contributed by atoms with van der Waals surface area (Å²) in [5, 5.41) is 4.09. The zero-order chi connectivity index (χ0) is 17.3. The van der Waals surface area contributed by atoms with E-state index < -0.39 is 0 Å². The zero-order valence-corrected chi connectivity index (χ0v) is 15.5. The summed E-state index contributed by atoms with van der Waals surface area (Å²) in [6.07, 6.45) is 2.26. The molecule has 0 spiro atoms. The first-order valence-corrected chi connectivity index (χ1v) is 9.54. The third-order valence-corrected chi connectivity index (χ3v) is 6.24. The summed E-state index contributed by atoms with van der Waals surface area (Å²) in [5.74, 6) is 2.17. The largest absolute Gasteiger partial charge is 0.381 e. The number of rotatable bonds is 6. The second-order valence-corrected chi connectivity index (χ2v) is 8.12. The van der Waals surface area contributed by atoms with E-state index >= 15 is 0 Å². The molecule has 0 amide bonds. The highest BCUT2D eigenvalue weighted by Crippen LogP contribution is 2.42. The van der Waals surface area contributed by atoms with Crippen molar-refractivity contribution >= 4 is 0 Å². The van der Waals surface area contributed by atoms with Crippen LogP contribution < -0.4 is 0 Å². The molecule has 3 fully saturated rings. The molecule has 0 aliphatic carbocycles. The monoisotopic (exact) mass is 350 g/mol. The van der Waals surface area contributed by atoms with Gasteiger partial charge in [0.05, 0.1) is 25.5 Å². The SMILES string of the molecule is Cc1noc(C)c1CN1C[C@@H]2COC[C@]2(COCC2CCOCC2)C1. The molecule has 3 aliphatic heterocycles. The molecule has 0 saturated carbocycles. The lowest BCUT2D eigenvalue weighted by Gasteiger charge is -2.29. The summed E-state index contributed by atoms with van der Waals surface area (Å²) in [6, 6.07) is 0. The van der Waals surface area contributed by atoms with Gasteiger partial charge in [-0.3, -0.25) is 4.90 Å². The standard InChI is InChI=1S/C19H30N2O4/c1-14-18(15(2)25-20-14)8-21-7-17-10-24-13-19(17,11-21)12-23-9-16-3-5-22-6-4-16/h16-17H,3-13H2,1-2H3/t17-,19-/m1/s1. The average molecular weight is 350 g/mol. The summed E-state index contributed by atoms with van der Waals surface area (Å²) >= 11 is 0. The van der Waals surface area contributed by atoms with E-state index in [1.54, 1.807) is 0 Å². The topological polar surface area (TPSA) is 57.0 Å². The van der Waals surface area contributed by atoms with Crippen LogP contribution >= 0.6 is 0 Å². The first-order chi connectivity index (χ1) is 12.2. The summed E-state index contributed by atoms with van der Waals surface area (Å²) < 4.78 is 22.8. The maximum atomic E-state index is 6.20. The molecule has 3 aliphatic rings. The van der Waals surface area contributed by atoms with Crippen molar-refractivity contribution in [2.24, 2.45) is 17.3 Å². The molecule has 1 aromatic rings. The van der Waals surface area contributed by atoms with Gasteiger partial charge < -0.3 is 18.7 Å². The molecule has 0 radical (unpaired) electrons. The van der Waals surface area contributed by atoms with Crippen LogP contribution in [0.1, 0.15) is 29.9 Å². The van der Waals surface area contributed by atoms with Crippen molar-refractivity contribution in [3.63, 3.8) is 0 Å². The van der Waals surface area contributed by atoms with Gasteiger partial charge in [-0.2, -0.15) is 0 Å². The molecule has 0 N–H and O–H groups in total. The third kappa shape index (κ3) is 3.63. The van der Waals surface area contributed by atoms with E-state index in [4.69, 9.17) is 18.7 Å². The van der Waals surface area contributed by atoms with Crippen LogP contribution in [-0.4, -0.2) is 62.8 Å². The van der Waals surface area contributed by atoms with Gasteiger partial charge in [0.2, 0.25) is 0 Å². The minimum absolute atomic E-state index is 0.157. The Morgan fingerprint density at radius 2 is 2.08 bits per heavy atom. The van der Waals surface area contributed by atoms with E-state index in [9.17, 15) is 0 Å². The number of aromatic nitrogens is 1. The maximum Gasteiger partial charge on any atom is 0.138 e. The van der Waals surface area contributed by atoms with Gasteiger partial charge in [-0.1, -0.05) is 5.16 Å². The van der Waals surface area contributed by atoms with Crippen LogP contribution in [0.5, 0.6) is 0 Å². The molecule has 1 aromatic heterocycles. The summed E-state index contributed by atoms with van der Waals surface area (Å²) in [6.45, 7) is 12.2. The lowest BCUT2D eigenvalue weighted by molar-refractivity contribution is -0.0157. The van der Waals surface area contributed by atoms with Gasteiger partial charge in [-0.05, 0) is 32.6 Å². The van der Waals surface area contributed by atoms with Crippen LogP contribution in [0.15, 0.2) is 4.52 Å². The highest BCUT2D eigenvalue weighted by atomic mass is 16.5. The van der Waals surface area contributed by atoms with Crippen molar-refractivity contribution in [2.45, 2.75) is 33.2 Å². The maximum absolute atomic E-state index is 6.20.